The van der Waals surface area contributed by atoms with E-state index >= 15 is 0 Å². The van der Waals surface area contributed by atoms with Gasteiger partial charge in [-0.3, -0.25) is 9.59 Å². The van der Waals surface area contributed by atoms with Crippen LogP contribution in [0.1, 0.15) is 57.6 Å². The molecule has 2 amide bonds. The van der Waals surface area contributed by atoms with Crippen LogP contribution in [0, 0.1) is 5.92 Å². The number of hydrogen-bond donors (Lipinski definition) is 2. The molecule has 0 fully saturated rings. The van der Waals surface area contributed by atoms with Crippen LogP contribution in [0.2, 0.25) is 0 Å². The molecular formula is C27H34N2O5. The van der Waals surface area contributed by atoms with Gasteiger partial charge >= 0.3 is 12.1 Å². The molecule has 0 spiro atoms. The molecule has 0 radical (unpaired) electrons. The maximum absolute atomic E-state index is 13.4. The molecule has 0 aliphatic heterocycles. The van der Waals surface area contributed by atoms with E-state index in [2.05, 4.69) is 29.6 Å². The number of aliphatic carboxylic acids is 1. The monoisotopic (exact) mass is 466 g/mol. The Morgan fingerprint density at radius 2 is 1.53 bits per heavy atom. The van der Waals surface area contributed by atoms with Gasteiger partial charge in [-0.15, -0.1) is 0 Å². The molecule has 2 N–H and O–H groups in total. The summed E-state index contributed by atoms with van der Waals surface area (Å²) in [6, 6.07) is 16.2. The number of benzene rings is 2. The summed E-state index contributed by atoms with van der Waals surface area (Å²) >= 11 is 0. The first-order valence-corrected chi connectivity index (χ1v) is 11.9. The molecule has 2 aromatic carbocycles. The molecule has 1 atom stereocenters. The Balaban J connectivity index is 1.73. The normalized spacial score (nSPS) is 13.5. The van der Waals surface area contributed by atoms with Gasteiger partial charge in [0.15, 0.2) is 0 Å². The topological polar surface area (TPSA) is 95.9 Å². The summed E-state index contributed by atoms with van der Waals surface area (Å²) < 4.78 is 5.67. The van der Waals surface area contributed by atoms with E-state index in [-0.39, 0.29) is 25.0 Å². The summed E-state index contributed by atoms with van der Waals surface area (Å²) in [5.74, 6) is -2.03. The highest BCUT2D eigenvalue weighted by atomic mass is 16.5. The van der Waals surface area contributed by atoms with E-state index in [1.165, 1.54) is 4.90 Å². The molecule has 2 aromatic rings. The molecule has 0 aromatic heterocycles. The molecule has 7 heteroatoms. The number of nitrogens with one attached hydrogen (secondary N) is 1. The van der Waals surface area contributed by atoms with E-state index in [1.54, 1.807) is 13.8 Å². The average molecular weight is 467 g/mol. The Hall–Kier alpha value is -3.35. The molecule has 0 saturated heterocycles. The Labute approximate surface area is 201 Å². The van der Waals surface area contributed by atoms with Gasteiger partial charge in [-0.05, 0) is 42.0 Å². The quantitative estimate of drug-likeness (QED) is 0.531. The SMILES string of the molecule is CCN(CC(C)C(=O)O)C(=O)C(CC)(CC)NC(=O)OCC1c2ccccc2-c2ccccc21. The number of ether oxygens (including phenoxy) is 1. The number of rotatable bonds is 10. The number of carbonyl (C=O) groups excluding carboxylic acids is 2. The van der Waals surface area contributed by atoms with Crippen LogP contribution in [-0.4, -0.2) is 53.2 Å². The Kier molecular flexibility index (Phi) is 7.97. The van der Waals surface area contributed by atoms with Gasteiger partial charge in [0.25, 0.3) is 0 Å². The number of fused-ring (bicyclic) bond motifs is 3. The molecule has 182 valence electrons. The lowest BCUT2D eigenvalue weighted by Crippen LogP contribution is -2.60. The van der Waals surface area contributed by atoms with Gasteiger partial charge in [-0.2, -0.15) is 0 Å². The zero-order chi connectivity index (χ0) is 24.9. The van der Waals surface area contributed by atoms with Crippen molar-refractivity contribution in [2.24, 2.45) is 5.92 Å². The molecule has 1 aliphatic rings. The maximum Gasteiger partial charge on any atom is 0.408 e. The lowest BCUT2D eigenvalue weighted by molar-refractivity contribution is -0.145. The number of nitrogens with zero attached hydrogens (tertiary/aromatic N) is 1. The second-order valence-corrected chi connectivity index (χ2v) is 8.82. The van der Waals surface area contributed by atoms with Crippen molar-refractivity contribution in [3.05, 3.63) is 59.7 Å². The van der Waals surface area contributed by atoms with Crippen molar-refractivity contribution >= 4 is 18.0 Å². The van der Waals surface area contributed by atoms with Crippen molar-refractivity contribution in [1.82, 2.24) is 10.2 Å². The van der Waals surface area contributed by atoms with Gasteiger partial charge in [0, 0.05) is 19.0 Å². The van der Waals surface area contributed by atoms with Crippen LogP contribution in [0.25, 0.3) is 11.1 Å². The van der Waals surface area contributed by atoms with Crippen LogP contribution >= 0.6 is 0 Å². The fraction of sp³-hybridized carbons (Fsp3) is 0.444. The second-order valence-electron chi connectivity index (χ2n) is 8.82. The van der Waals surface area contributed by atoms with Gasteiger partial charge in [-0.1, -0.05) is 69.3 Å². The molecule has 1 aliphatic carbocycles. The van der Waals surface area contributed by atoms with Gasteiger partial charge in [0.2, 0.25) is 5.91 Å². The van der Waals surface area contributed by atoms with Crippen molar-refractivity contribution < 1.29 is 24.2 Å². The smallest absolute Gasteiger partial charge is 0.408 e. The minimum atomic E-state index is -1.16. The maximum atomic E-state index is 13.4. The van der Waals surface area contributed by atoms with Crippen LogP contribution in [0.3, 0.4) is 0 Å². The fourth-order valence-corrected chi connectivity index (χ4v) is 4.68. The predicted molar refractivity (Wildman–Crippen MR) is 131 cm³/mol. The van der Waals surface area contributed by atoms with Crippen molar-refractivity contribution in [3.8, 4) is 11.1 Å². The summed E-state index contributed by atoms with van der Waals surface area (Å²) in [6.07, 6.45) is 0.0795. The number of carbonyl (C=O) groups is 3. The number of likely N-dealkylation sites (N-methyl/N-ethyl adjacent to an activating group) is 1. The van der Waals surface area contributed by atoms with E-state index in [4.69, 9.17) is 4.74 Å². The van der Waals surface area contributed by atoms with Gasteiger partial charge in [-0.25, -0.2) is 4.79 Å². The largest absolute Gasteiger partial charge is 0.481 e. The van der Waals surface area contributed by atoms with Gasteiger partial charge in [0.05, 0.1) is 5.92 Å². The van der Waals surface area contributed by atoms with Crippen LogP contribution < -0.4 is 5.32 Å². The minimum absolute atomic E-state index is 0.0740. The summed E-state index contributed by atoms with van der Waals surface area (Å²) in [7, 11) is 0. The average Bonchev–Trinajstić information content (AvgIpc) is 3.17. The van der Waals surface area contributed by atoms with E-state index in [0.717, 1.165) is 22.3 Å². The minimum Gasteiger partial charge on any atom is -0.481 e. The molecule has 7 nitrogen and oxygen atoms in total. The lowest BCUT2D eigenvalue weighted by Gasteiger charge is -2.36. The summed E-state index contributed by atoms with van der Waals surface area (Å²) in [5.41, 5.74) is 3.36. The molecule has 0 heterocycles. The summed E-state index contributed by atoms with van der Waals surface area (Å²) in [5, 5.41) is 12.1. The van der Waals surface area contributed by atoms with Crippen LogP contribution in [0.15, 0.2) is 48.5 Å². The number of amides is 2. The zero-order valence-electron chi connectivity index (χ0n) is 20.3. The van der Waals surface area contributed by atoms with E-state index in [1.807, 2.05) is 38.1 Å². The number of carboxylic acids is 1. The van der Waals surface area contributed by atoms with Crippen molar-refractivity contribution in [1.29, 1.82) is 0 Å². The molecule has 34 heavy (non-hydrogen) atoms. The van der Waals surface area contributed by atoms with Crippen LogP contribution in [-0.2, 0) is 14.3 Å². The molecule has 1 unspecified atom stereocenters. The second kappa shape index (κ2) is 10.7. The summed E-state index contributed by atoms with van der Waals surface area (Å²) in [4.78, 5) is 39.1. The first-order chi connectivity index (χ1) is 16.3. The third kappa shape index (κ3) is 4.93. The number of alkyl carbamates (subject to hydrolysis) is 1. The highest BCUT2D eigenvalue weighted by Gasteiger charge is 2.40. The zero-order valence-corrected chi connectivity index (χ0v) is 20.3. The van der Waals surface area contributed by atoms with E-state index in [9.17, 15) is 19.5 Å². The van der Waals surface area contributed by atoms with Crippen molar-refractivity contribution in [2.75, 3.05) is 19.7 Å². The van der Waals surface area contributed by atoms with E-state index < -0.39 is 23.5 Å². The third-order valence-corrected chi connectivity index (χ3v) is 6.89. The van der Waals surface area contributed by atoms with Crippen molar-refractivity contribution in [2.45, 2.75) is 52.0 Å². The van der Waals surface area contributed by atoms with Gasteiger partial charge in [0.1, 0.15) is 12.1 Å². The Bertz CT molecular complexity index is 1000. The van der Waals surface area contributed by atoms with E-state index in [0.29, 0.717) is 19.4 Å². The standard InChI is InChI=1S/C27H34N2O5/c1-5-27(6-2,25(32)29(7-3)16-18(4)24(30)31)28-26(33)34-17-23-21-14-10-8-12-19(21)20-13-9-11-15-22(20)23/h8-15,18,23H,5-7,16-17H2,1-4H3,(H,28,33)(H,30,31). The molecule has 3 rings (SSSR count). The fourth-order valence-electron chi connectivity index (χ4n) is 4.68. The molecule has 0 bridgehead atoms. The van der Waals surface area contributed by atoms with Crippen LogP contribution in [0.5, 0.6) is 0 Å². The summed E-state index contributed by atoms with van der Waals surface area (Å²) in [6.45, 7) is 7.63. The highest BCUT2D eigenvalue weighted by molar-refractivity contribution is 5.90. The highest BCUT2D eigenvalue weighted by Crippen LogP contribution is 2.44. The van der Waals surface area contributed by atoms with Crippen LogP contribution in [0.4, 0.5) is 4.79 Å². The predicted octanol–water partition coefficient (Wildman–Crippen LogP) is 4.65. The van der Waals surface area contributed by atoms with Gasteiger partial charge < -0.3 is 20.1 Å². The molecule has 0 saturated carbocycles. The Morgan fingerprint density at radius 1 is 1.00 bits per heavy atom. The molecular weight excluding hydrogens is 432 g/mol. The lowest BCUT2D eigenvalue weighted by atomic mass is 9.90. The van der Waals surface area contributed by atoms with Crippen molar-refractivity contribution in [3.63, 3.8) is 0 Å². The first kappa shape index (κ1) is 25.3. The Morgan fingerprint density at radius 3 is 2.00 bits per heavy atom. The third-order valence-electron chi connectivity index (χ3n) is 6.89. The number of carboxylic acid groups (broad SMARTS) is 1. The number of hydrogen-bond acceptors (Lipinski definition) is 4. The first-order valence-electron chi connectivity index (χ1n) is 11.9.